The number of carbonyl (C=O) groups excluding carboxylic acids is 1. The van der Waals surface area contributed by atoms with Crippen LogP contribution in [-0.4, -0.2) is 34.0 Å². The maximum Gasteiger partial charge on any atom is 0.330 e. The molecule has 1 saturated heterocycles. The van der Waals surface area contributed by atoms with Crippen LogP contribution in [0.4, 0.5) is 0 Å². The van der Waals surface area contributed by atoms with E-state index < -0.39 is 11.5 Å². The molecular formula is C13H13Cl2NO3S. The van der Waals surface area contributed by atoms with Crippen molar-refractivity contribution in [3.05, 3.63) is 33.8 Å². The van der Waals surface area contributed by atoms with Crippen LogP contribution in [-0.2, 0) is 16.0 Å². The first-order valence-electron chi connectivity index (χ1n) is 5.99. The predicted octanol–water partition coefficient (Wildman–Crippen LogP) is 2.61. The van der Waals surface area contributed by atoms with Crippen molar-refractivity contribution < 1.29 is 14.7 Å². The number of carbonyl (C=O) groups is 2. The zero-order chi connectivity index (χ0) is 14.8. The number of carboxylic acids is 1. The number of hydrogen-bond acceptors (Lipinski definition) is 3. The number of carboxylic acid groups (broad SMARTS) is 1. The van der Waals surface area contributed by atoms with Gasteiger partial charge in [0.15, 0.2) is 0 Å². The monoisotopic (exact) mass is 333 g/mol. The second-order valence-electron chi connectivity index (χ2n) is 4.65. The van der Waals surface area contributed by atoms with E-state index in [1.54, 1.807) is 18.2 Å². The normalized spacial score (nSPS) is 21.7. The molecule has 108 valence electrons. The summed E-state index contributed by atoms with van der Waals surface area (Å²) in [4.78, 5) is 23.4. The van der Waals surface area contributed by atoms with Crippen molar-refractivity contribution in [1.29, 1.82) is 0 Å². The van der Waals surface area contributed by atoms with Gasteiger partial charge in [0.1, 0.15) is 5.54 Å². The van der Waals surface area contributed by atoms with Crippen LogP contribution < -0.4 is 5.32 Å². The molecule has 1 heterocycles. The number of amides is 1. The molecule has 1 aromatic rings. The second kappa shape index (κ2) is 6.24. The van der Waals surface area contributed by atoms with Crippen molar-refractivity contribution in [2.24, 2.45) is 0 Å². The third kappa shape index (κ3) is 3.40. The van der Waals surface area contributed by atoms with Gasteiger partial charge in [-0.05, 0) is 29.9 Å². The van der Waals surface area contributed by atoms with E-state index in [0.29, 0.717) is 27.8 Å². The lowest BCUT2D eigenvalue weighted by atomic mass is 9.98. The van der Waals surface area contributed by atoms with Crippen molar-refractivity contribution >= 4 is 46.8 Å². The Kier molecular flexibility index (Phi) is 4.83. The van der Waals surface area contributed by atoms with E-state index in [2.05, 4.69) is 5.32 Å². The summed E-state index contributed by atoms with van der Waals surface area (Å²) in [6, 6.07) is 4.87. The predicted molar refractivity (Wildman–Crippen MR) is 80.6 cm³/mol. The molecule has 1 fully saturated rings. The Labute approximate surface area is 130 Å². The second-order valence-corrected chi connectivity index (χ2v) is 6.60. The van der Waals surface area contributed by atoms with Gasteiger partial charge in [-0.1, -0.05) is 29.3 Å². The molecule has 0 aromatic heterocycles. The Morgan fingerprint density at radius 1 is 1.40 bits per heavy atom. The number of rotatable bonds is 4. The van der Waals surface area contributed by atoms with E-state index in [0.717, 1.165) is 5.75 Å². The van der Waals surface area contributed by atoms with E-state index in [1.807, 2.05) is 0 Å². The molecule has 20 heavy (non-hydrogen) atoms. The van der Waals surface area contributed by atoms with Crippen molar-refractivity contribution in [3.63, 3.8) is 0 Å². The highest BCUT2D eigenvalue weighted by atomic mass is 35.5. The molecular weight excluding hydrogens is 321 g/mol. The molecule has 0 aliphatic carbocycles. The number of aliphatic carboxylic acids is 1. The summed E-state index contributed by atoms with van der Waals surface area (Å²) in [6.45, 7) is 0. The zero-order valence-corrected chi connectivity index (χ0v) is 12.8. The van der Waals surface area contributed by atoms with E-state index >= 15 is 0 Å². The van der Waals surface area contributed by atoms with Crippen molar-refractivity contribution in [3.8, 4) is 0 Å². The van der Waals surface area contributed by atoms with Crippen LogP contribution in [0.2, 0.25) is 10.0 Å². The Hall–Kier alpha value is -0.910. The molecule has 1 aliphatic heterocycles. The molecule has 0 radical (unpaired) electrons. The lowest BCUT2D eigenvalue weighted by molar-refractivity contribution is -0.146. The summed E-state index contributed by atoms with van der Waals surface area (Å²) in [5.41, 5.74) is -0.527. The number of halogens is 2. The summed E-state index contributed by atoms with van der Waals surface area (Å²) in [6.07, 6.45) is 0.475. The van der Waals surface area contributed by atoms with E-state index in [-0.39, 0.29) is 12.3 Å². The molecule has 1 unspecified atom stereocenters. The summed E-state index contributed by atoms with van der Waals surface area (Å²) in [7, 11) is 0. The first kappa shape index (κ1) is 15.5. The lowest BCUT2D eigenvalue weighted by Gasteiger charge is -2.24. The molecule has 0 saturated carbocycles. The fraction of sp³-hybridized carbons (Fsp3) is 0.385. The van der Waals surface area contributed by atoms with E-state index in [9.17, 15) is 14.7 Å². The third-order valence-corrected chi connectivity index (χ3v) is 4.95. The van der Waals surface area contributed by atoms with Crippen LogP contribution >= 0.6 is 35.0 Å². The average molecular weight is 334 g/mol. The first-order valence-corrected chi connectivity index (χ1v) is 7.90. The molecule has 1 amide bonds. The molecule has 1 aliphatic rings. The molecule has 2 rings (SSSR count). The molecule has 0 spiro atoms. The number of thioether (sulfide) groups is 1. The quantitative estimate of drug-likeness (QED) is 0.888. The van der Waals surface area contributed by atoms with Gasteiger partial charge in [0.25, 0.3) is 0 Å². The Morgan fingerprint density at radius 3 is 2.70 bits per heavy atom. The Balaban J connectivity index is 2.07. The van der Waals surface area contributed by atoms with Gasteiger partial charge in [0.05, 0.1) is 6.42 Å². The summed E-state index contributed by atoms with van der Waals surface area (Å²) >= 11 is 13.3. The van der Waals surface area contributed by atoms with Crippen LogP contribution in [0.25, 0.3) is 0 Å². The van der Waals surface area contributed by atoms with Crippen molar-refractivity contribution in [2.75, 3.05) is 11.5 Å². The minimum Gasteiger partial charge on any atom is -0.479 e. The molecule has 1 aromatic carbocycles. The van der Waals surface area contributed by atoms with Crippen LogP contribution in [0.1, 0.15) is 12.0 Å². The average Bonchev–Trinajstić information content (AvgIpc) is 2.82. The summed E-state index contributed by atoms with van der Waals surface area (Å²) in [5, 5.41) is 12.8. The molecule has 1 atom stereocenters. The minimum atomic E-state index is -1.15. The van der Waals surface area contributed by atoms with Gasteiger partial charge in [-0.15, -0.1) is 0 Å². The number of benzene rings is 1. The highest BCUT2D eigenvalue weighted by molar-refractivity contribution is 7.99. The largest absolute Gasteiger partial charge is 0.479 e. The zero-order valence-electron chi connectivity index (χ0n) is 10.5. The van der Waals surface area contributed by atoms with Gasteiger partial charge in [0.2, 0.25) is 5.91 Å². The van der Waals surface area contributed by atoms with Gasteiger partial charge >= 0.3 is 5.97 Å². The van der Waals surface area contributed by atoms with Crippen molar-refractivity contribution in [1.82, 2.24) is 5.32 Å². The highest BCUT2D eigenvalue weighted by Crippen LogP contribution is 2.28. The maximum absolute atomic E-state index is 12.0. The SMILES string of the molecule is O=C(Cc1ccc(Cl)cc1Cl)NC1(C(=O)O)CCSC1. The maximum atomic E-state index is 12.0. The van der Waals surface area contributed by atoms with E-state index in [1.165, 1.54) is 11.8 Å². The Morgan fingerprint density at radius 2 is 2.15 bits per heavy atom. The molecule has 4 nitrogen and oxygen atoms in total. The fourth-order valence-corrected chi connectivity index (χ4v) is 3.84. The van der Waals surface area contributed by atoms with Crippen LogP contribution in [0.5, 0.6) is 0 Å². The van der Waals surface area contributed by atoms with Crippen LogP contribution in [0.3, 0.4) is 0 Å². The van der Waals surface area contributed by atoms with Crippen molar-refractivity contribution in [2.45, 2.75) is 18.4 Å². The highest BCUT2D eigenvalue weighted by Gasteiger charge is 2.43. The lowest BCUT2D eigenvalue weighted by Crippen LogP contribution is -2.55. The standard InChI is InChI=1S/C13H13Cl2NO3S/c14-9-2-1-8(10(15)6-9)5-11(17)16-13(12(18)19)3-4-20-7-13/h1-2,6H,3-5,7H2,(H,16,17)(H,18,19). The van der Waals surface area contributed by atoms with Crippen LogP contribution in [0.15, 0.2) is 18.2 Å². The molecule has 0 bridgehead atoms. The molecule has 7 heteroatoms. The summed E-state index contributed by atoms with van der Waals surface area (Å²) < 4.78 is 0. The minimum absolute atomic E-state index is 0.0374. The third-order valence-electron chi connectivity index (χ3n) is 3.18. The van der Waals surface area contributed by atoms with Gasteiger partial charge in [0, 0.05) is 15.8 Å². The number of nitrogens with one attached hydrogen (secondary N) is 1. The summed E-state index contributed by atoms with van der Waals surface area (Å²) in [5.74, 6) is -0.214. The smallest absolute Gasteiger partial charge is 0.330 e. The topological polar surface area (TPSA) is 66.4 Å². The van der Waals surface area contributed by atoms with Gasteiger partial charge in [-0.2, -0.15) is 11.8 Å². The van der Waals surface area contributed by atoms with Gasteiger partial charge in [-0.25, -0.2) is 4.79 Å². The molecule has 2 N–H and O–H groups in total. The Bertz CT molecular complexity index is 544. The number of hydrogen-bond donors (Lipinski definition) is 2. The van der Waals surface area contributed by atoms with Gasteiger partial charge < -0.3 is 10.4 Å². The van der Waals surface area contributed by atoms with Crippen LogP contribution in [0, 0.1) is 0 Å². The van der Waals surface area contributed by atoms with Gasteiger partial charge in [-0.3, -0.25) is 4.79 Å². The first-order chi connectivity index (χ1) is 9.43. The fourth-order valence-electron chi connectivity index (χ4n) is 2.03. The van der Waals surface area contributed by atoms with E-state index in [4.69, 9.17) is 23.2 Å².